The summed E-state index contributed by atoms with van der Waals surface area (Å²) in [5.74, 6) is 0.218. The zero-order valence-corrected chi connectivity index (χ0v) is 15.4. The number of unbranched alkanes of at least 4 members (excludes halogenated alkanes) is 2. The van der Waals surface area contributed by atoms with E-state index < -0.39 is 0 Å². The average molecular weight is 358 g/mol. The fourth-order valence-corrected chi connectivity index (χ4v) is 3.41. The standard InChI is InChI=1S/C23H22N2O2/c1-2-3-6-13-25-16-21(20-7-4-5-8-22(20)25)23(26)27-19-10-9-18-15-24-12-11-17(18)14-19/h4-5,7-12,14-16H,2-3,6,13H2,1H3. The zero-order chi connectivity index (χ0) is 18.6. The van der Waals surface area contributed by atoms with E-state index >= 15 is 0 Å². The molecule has 0 fully saturated rings. The molecule has 0 spiro atoms. The lowest BCUT2D eigenvalue weighted by atomic mass is 10.1. The van der Waals surface area contributed by atoms with Gasteiger partial charge in [-0.15, -0.1) is 0 Å². The third-order valence-corrected chi connectivity index (χ3v) is 4.83. The van der Waals surface area contributed by atoms with Crippen LogP contribution in [0.4, 0.5) is 0 Å². The van der Waals surface area contributed by atoms with Crippen molar-refractivity contribution in [3.63, 3.8) is 0 Å². The number of aryl methyl sites for hydroxylation is 1. The number of carbonyl (C=O) groups excluding carboxylic acids is 1. The van der Waals surface area contributed by atoms with Crippen LogP contribution in [0.15, 0.2) is 67.1 Å². The van der Waals surface area contributed by atoms with Gasteiger partial charge in [-0.2, -0.15) is 0 Å². The van der Waals surface area contributed by atoms with Gasteiger partial charge >= 0.3 is 5.97 Å². The van der Waals surface area contributed by atoms with E-state index in [-0.39, 0.29) is 5.97 Å². The first-order valence-electron chi connectivity index (χ1n) is 9.40. The number of pyridine rings is 1. The molecule has 0 unspecified atom stereocenters. The summed E-state index contributed by atoms with van der Waals surface area (Å²) in [7, 11) is 0. The molecule has 0 saturated carbocycles. The monoisotopic (exact) mass is 358 g/mol. The number of hydrogen-bond acceptors (Lipinski definition) is 3. The largest absolute Gasteiger partial charge is 0.423 e. The SMILES string of the molecule is CCCCCn1cc(C(=O)Oc2ccc3cnccc3c2)c2ccccc21. The molecule has 2 aromatic heterocycles. The number of rotatable bonds is 6. The van der Waals surface area contributed by atoms with Crippen molar-refractivity contribution >= 4 is 27.6 Å². The molecule has 0 amide bonds. The van der Waals surface area contributed by atoms with Gasteiger partial charge in [-0.1, -0.05) is 38.0 Å². The van der Waals surface area contributed by atoms with Gasteiger partial charge < -0.3 is 9.30 Å². The highest BCUT2D eigenvalue weighted by Crippen LogP contribution is 2.25. The molecule has 0 radical (unpaired) electrons. The van der Waals surface area contributed by atoms with Crippen LogP contribution >= 0.6 is 0 Å². The predicted octanol–water partition coefficient (Wildman–Crippen LogP) is 5.60. The molecule has 0 aliphatic heterocycles. The van der Waals surface area contributed by atoms with E-state index in [1.807, 2.05) is 48.7 Å². The first kappa shape index (κ1) is 17.3. The summed E-state index contributed by atoms with van der Waals surface area (Å²) in [6.07, 6.45) is 8.91. The van der Waals surface area contributed by atoms with Gasteiger partial charge in [0.2, 0.25) is 0 Å². The molecule has 0 saturated heterocycles. The molecule has 0 N–H and O–H groups in total. The second-order valence-electron chi connectivity index (χ2n) is 6.73. The van der Waals surface area contributed by atoms with Gasteiger partial charge in [-0.3, -0.25) is 4.98 Å². The lowest BCUT2D eigenvalue weighted by molar-refractivity contribution is 0.0737. The summed E-state index contributed by atoms with van der Waals surface area (Å²) in [4.78, 5) is 17.0. The molecule has 2 aromatic carbocycles. The third kappa shape index (κ3) is 3.56. The highest BCUT2D eigenvalue weighted by atomic mass is 16.5. The first-order valence-corrected chi connectivity index (χ1v) is 9.40. The maximum Gasteiger partial charge on any atom is 0.345 e. The number of carbonyl (C=O) groups is 1. The second kappa shape index (κ2) is 7.62. The number of hydrogen-bond donors (Lipinski definition) is 0. The molecule has 0 aliphatic rings. The molecule has 4 heteroatoms. The summed E-state index contributed by atoms with van der Waals surface area (Å²) in [5, 5.41) is 2.95. The Bertz CT molecular complexity index is 1100. The van der Waals surface area contributed by atoms with E-state index in [1.165, 1.54) is 12.8 Å². The predicted molar refractivity (Wildman–Crippen MR) is 108 cm³/mol. The molecule has 136 valence electrons. The summed E-state index contributed by atoms with van der Waals surface area (Å²) in [5.41, 5.74) is 1.68. The average Bonchev–Trinajstić information content (AvgIpc) is 3.07. The normalized spacial score (nSPS) is 11.1. The summed E-state index contributed by atoms with van der Waals surface area (Å²) >= 11 is 0. The van der Waals surface area contributed by atoms with Crippen molar-refractivity contribution in [2.24, 2.45) is 0 Å². The van der Waals surface area contributed by atoms with Crippen LogP contribution in [0.3, 0.4) is 0 Å². The Morgan fingerprint density at radius 1 is 1.07 bits per heavy atom. The number of nitrogens with zero attached hydrogens (tertiary/aromatic N) is 2. The Balaban J connectivity index is 1.63. The molecule has 0 atom stereocenters. The zero-order valence-electron chi connectivity index (χ0n) is 15.4. The molecular formula is C23H22N2O2. The van der Waals surface area contributed by atoms with E-state index in [9.17, 15) is 4.79 Å². The van der Waals surface area contributed by atoms with Crippen LogP contribution in [-0.2, 0) is 6.54 Å². The van der Waals surface area contributed by atoms with E-state index in [0.717, 1.165) is 34.6 Å². The molecule has 0 bridgehead atoms. The maximum absolute atomic E-state index is 12.9. The molecule has 2 heterocycles. The van der Waals surface area contributed by atoms with Crippen molar-refractivity contribution in [3.8, 4) is 5.75 Å². The Morgan fingerprint density at radius 2 is 1.96 bits per heavy atom. The van der Waals surface area contributed by atoms with Crippen LogP contribution in [0.2, 0.25) is 0 Å². The van der Waals surface area contributed by atoms with Crippen LogP contribution in [-0.4, -0.2) is 15.5 Å². The lowest BCUT2D eigenvalue weighted by Crippen LogP contribution is -2.08. The van der Waals surface area contributed by atoms with Gasteiger partial charge in [-0.05, 0) is 42.1 Å². The molecule has 4 rings (SSSR count). The van der Waals surface area contributed by atoms with Crippen molar-refractivity contribution in [2.75, 3.05) is 0 Å². The van der Waals surface area contributed by atoms with Crippen molar-refractivity contribution in [1.29, 1.82) is 0 Å². The Labute approximate surface area is 158 Å². The highest BCUT2D eigenvalue weighted by Gasteiger charge is 2.17. The van der Waals surface area contributed by atoms with Crippen molar-refractivity contribution in [1.82, 2.24) is 9.55 Å². The smallest absolute Gasteiger partial charge is 0.345 e. The van der Waals surface area contributed by atoms with Gasteiger partial charge in [0, 0.05) is 41.4 Å². The van der Waals surface area contributed by atoms with Crippen LogP contribution in [0.1, 0.15) is 36.5 Å². The Morgan fingerprint density at radius 3 is 2.85 bits per heavy atom. The number of esters is 1. The lowest BCUT2D eigenvalue weighted by Gasteiger charge is -2.05. The van der Waals surface area contributed by atoms with Gasteiger partial charge in [-0.25, -0.2) is 4.79 Å². The van der Waals surface area contributed by atoms with Crippen LogP contribution < -0.4 is 4.74 Å². The summed E-state index contributed by atoms with van der Waals surface area (Å²) < 4.78 is 7.84. The molecule has 27 heavy (non-hydrogen) atoms. The summed E-state index contributed by atoms with van der Waals surface area (Å²) in [6.45, 7) is 3.10. The topological polar surface area (TPSA) is 44.1 Å². The molecule has 0 aliphatic carbocycles. The third-order valence-electron chi connectivity index (χ3n) is 4.83. The van der Waals surface area contributed by atoms with E-state index in [0.29, 0.717) is 11.3 Å². The van der Waals surface area contributed by atoms with Crippen molar-refractivity contribution in [3.05, 3.63) is 72.7 Å². The van der Waals surface area contributed by atoms with Gasteiger partial charge in [0.25, 0.3) is 0 Å². The number of fused-ring (bicyclic) bond motifs is 2. The number of para-hydroxylation sites is 1. The minimum Gasteiger partial charge on any atom is -0.423 e. The Hall–Kier alpha value is -3.14. The minimum absolute atomic E-state index is 0.325. The number of ether oxygens (including phenoxy) is 1. The van der Waals surface area contributed by atoms with E-state index in [2.05, 4.69) is 22.5 Å². The van der Waals surface area contributed by atoms with Crippen LogP contribution in [0, 0.1) is 0 Å². The summed E-state index contributed by atoms with van der Waals surface area (Å²) in [6, 6.07) is 15.5. The number of benzene rings is 2. The Kier molecular flexibility index (Phi) is 4.88. The van der Waals surface area contributed by atoms with Crippen LogP contribution in [0.25, 0.3) is 21.7 Å². The second-order valence-corrected chi connectivity index (χ2v) is 6.73. The first-order chi connectivity index (χ1) is 13.3. The van der Waals surface area contributed by atoms with Gasteiger partial charge in [0.1, 0.15) is 5.75 Å². The van der Waals surface area contributed by atoms with E-state index in [1.54, 1.807) is 12.4 Å². The van der Waals surface area contributed by atoms with E-state index in [4.69, 9.17) is 4.74 Å². The van der Waals surface area contributed by atoms with Crippen LogP contribution in [0.5, 0.6) is 5.75 Å². The van der Waals surface area contributed by atoms with Gasteiger partial charge in [0.15, 0.2) is 0 Å². The molecular weight excluding hydrogens is 336 g/mol. The van der Waals surface area contributed by atoms with Crippen molar-refractivity contribution in [2.45, 2.75) is 32.7 Å². The fourth-order valence-electron chi connectivity index (χ4n) is 3.41. The van der Waals surface area contributed by atoms with Gasteiger partial charge in [0.05, 0.1) is 5.56 Å². The molecule has 4 aromatic rings. The number of aromatic nitrogens is 2. The quantitative estimate of drug-likeness (QED) is 0.256. The van der Waals surface area contributed by atoms with Crippen molar-refractivity contribution < 1.29 is 9.53 Å². The maximum atomic E-state index is 12.9. The molecule has 4 nitrogen and oxygen atoms in total. The highest BCUT2D eigenvalue weighted by molar-refractivity contribution is 6.05. The fraction of sp³-hybridized carbons (Fsp3) is 0.217. The minimum atomic E-state index is -0.325.